The van der Waals surface area contributed by atoms with Crippen LogP contribution < -0.4 is 5.43 Å². The zero-order valence-corrected chi connectivity index (χ0v) is 28.7. The van der Waals surface area contributed by atoms with Gasteiger partial charge in [-0.2, -0.15) is 0 Å². The molecule has 0 spiro atoms. The van der Waals surface area contributed by atoms with Crippen LogP contribution in [-0.4, -0.2) is 83.7 Å². The molecular formula is C41H40N4O6. The molecule has 0 aliphatic heterocycles. The Bertz CT molecular complexity index is 2020. The van der Waals surface area contributed by atoms with E-state index in [9.17, 15) is 24.3 Å². The average Bonchev–Trinajstić information content (AvgIpc) is 3.47. The maximum atomic E-state index is 14.6. The molecule has 0 aromatic heterocycles. The molecular weight excluding hydrogens is 644 g/mol. The highest BCUT2D eigenvalue weighted by atomic mass is 16.6. The van der Waals surface area contributed by atoms with E-state index < -0.39 is 36.1 Å². The number of rotatable bonds is 10. The zero-order valence-electron chi connectivity index (χ0n) is 28.7. The highest BCUT2D eigenvalue weighted by Gasteiger charge is 2.37. The highest BCUT2D eigenvalue weighted by Crippen LogP contribution is 2.44. The molecule has 0 saturated carbocycles. The van der Waals surface area contributed by atoms with E-state index in [-0.39, 0.29) is 25.4 Å². The molecule has 0 saturated heterocycles. The van der Waals surface area contributed by atoms with Crippen LogP contribution in [0.15, 0.2) is 121 Å². The summed E-state index contributed by atoms with van der Waals surface area (Å²) in [5.74, 6) is -1.36. The van der Waals surface area contributed by atoms with Crippen LogP contribution in [0, 0.1) is 0 Å². The smallest absolute Gasteiger partial charge is 0.425 e. The number of ether oxygens (including phenoxy) is 1. The van der Waals surface area contributed by atoms with Crippen molar-refractivity contribution in [2.75, 3.05) is 27.7 Å². The van der Waals surface area contributed by atoms with E-state index >= 15 is 0 Å². The molecule has 0 unspecified atom stereocenters. The first-order chi connectivity index (χ1) is 24.6. The van der Waals surface area contributed by atoms with E-state index in [1.54, 1.807) is 0 Å². The van der Waals surface area contributed by atoms with Crippen molar-refractivity contribution in [1.29, 1.82) is 0 Å². The van der Waals surface area contributed by atoms with Crippen LogP contribution in [0.3, 0.4) is 0 Å². The Labute approximate surface area is 296 Å². The van der Waals surface area contributed by atoms with Crippen molar-refractivity contribution in [2.24, 2.45) is 0 Å². The van der Waals surface area contributed by atoms with Gasteiger partial charge < -0.3 is 14.7 Å². The third-order valence-corrected chi connectivity index (χ3v) is 9.57. The number of amides is 4. The summed E-state index contributed by atoms with van der Waals surface area (Å²) in [5, 5.41) is 12.1. The lowest BCUT2D eigenvalue weighted by Gasteiger charge is -2.34. The first-order valence-electron chi connectivity index (χ1n) is 16.8. The predicted molar refractivity (Wildman–Crippen MR) is 195 cm³/mol. The van der Waals surface area contributed by atoms with Crippen molar-refractivity contribution < 1.29 is 29.0 Å². The largest absolute Gasteiger partial charge is 0.464 e. The molecule has 0 bridgehead atoms. The number of fused-ring (bicyclic) bond motifs is 4. The first kappa shape index (κ1) is 34.7. The summed E-state index contributed by atoms with van der Waals surface area (Å²) in [6.45, 7) is 0.0739. The average molecular weight is 685 g/mol. The van der Waals surface area contributed by atoms with Gasteiger partial charge in [0.05, 0.1) is 0 Å². The normalized spacial score (nSPS) is 13.0. The summed E-state index contributed by atoms with van der Waals surface area (Å²) in [6, 6.07) is 36.8. The Morgan fingerprint density at radius 1 is 0.667 bits per heavy atom. The summed E-state index contributed by atoms with van der Waals surface area (Å²) in [7, 11) is 4.23. The van der Waals surface area contributed by atoms with E-state index in [4.69, 9.17) is 4.74 Å². The number of carbonyl (C=O) groups excluding carboxylic acids is 3. The lowest BCUT2D eigenvalue weighted by Crippen LogP contribution is -2.58. The van der Waals surface area contributed by atoms with Crippen molar-refractivity contribution >= 4 is 34.8 Å². The molecule has 10 heteroatoms. The minimum atomic E-state index is -1.36. The summed E-state index contributed by atoms with van der Waals surface area (Å²) in [5.41, 5.74) is 8.28. The number of hydrogen-bond donors (Lipinski definition) is 2. The van der Waals surface area contributed by atoms with Gasteiger partial charge >= 0.3 is 12.2 Å². The van der Waals surface area contributed by atoms with Gasteiger partial charge in [-0.1, -0.05) is 121 Å². The van der Waals surface area contributed by atoms with Gasteiger partial charge in [-0.15, -0.1) is 0 Å². The molecule has 0 fully saturated rings. The molecule has 260 valence electrons. The Morgan fingerprint density at radius 3 is 1.88 bits per heavy atom. The van der Waals surface area contributed by atoms with Crippen molar-refractivity contribution in [3.63, 3.8) is 0 Å². The number of likely N-dealkylation sites (N-methyl/N-ethyl adjacent to an activating group) is 2. The number of carboxylic acid groups (broad SMARTS) is 1. The molecule has 5 aromatic carbocycles. The van der Waals surface area contributed by atoms with Crippen LogP contribution in [0.2, 0.25) is 0 Å². The SMILES string of the molecule is CN(NC(=O)[C@@H](Cc1ccccc1)N(C)C(=O)[C@@H](Cc1ccc2ccccc2c1)N(C)C(=O)OCC1c2ccccc2-c2ccccc21)C(=O)O. The van der Waals surface area contributed by atoms with Crippen molar-refractivity contribution in [1.82, 2.24) is 20.2 Å². The van der Waals surface area contributed by atoms with Crippen molar-refractivity contribution in [3.05, 3.63) is 144 Å². The zero-order chi connectivity index (χ0) is 36.1. The third-order valence-electron chi connectivity index (χ3n) is 9.57. The van der Waals surface area contributed by atoms with E-state index in [0.29, 0.717) is 5.01 Å². The third kappa shape index (κ3) is 7.55. The van der Waals surface area contributed by atoms with Crippen LogP contribution in [0.1, 0.15) is 28.2 Å². The Kier molecular flexibility index (Phi) is 10.3. The van der Waals surface area contributed by atoms with E-state index in [1.807, 2.05) is 109 Å². The Morgan fingerprint density at radius 2 is 1.24 bits per heavy atom. The van der Waals surface area contributed by atoms with Gasteiger partial charge in [0.15, 0.2) is 0 Å². The van der Waals surface area contributed by atoms with Gasteiger partial charge in [0.25, 0.3) is 5.91 Å². The number of hydrogen-bond acceptors (Lipinski definition) is 5. The van der Waals surface area contributed by atoms with Gasteiger partial charge in [-0.05, 0) is 44.2 Å². The van der Waals surface area contributed by atoms with Crippen LogP contribution in [0.5, 0.6) is 0 Å². The lowest BCUT2D eigenvalue weighted by atomic mass is 9.98. The molecule has 51 heavy (non-hydrogen) atoms. The second kappa shape index (κ2) is 15.2. The van der Waals surface area contributed by atoms with Gasteiger partial charge in [0, 0.05) is 39.9 Å². The van der Waals surface area contributed by atoms with Gasteiger partial charge in [0.2, 0.25) is 5.91 Å². The summed E-state index contributed by atoms with van der Waals surface area (Å²) < 4.78 is 5.97. The molecule has 0 heterocycles. The van der Waals surface area contributed by atoms with E-state index in [2.05, 4.69) is 17.6 Å². The monoisotopic (exact) mass is 684 g/mol. The lowest BCUT2D eigenvalue weighted by molar-refractivity contribution is -0.143. The minimum Gasteiger partial charge on any atom is -0.464 e. The van der Waals surface area contributed by atoms with Crippen LogP contribution >= 0.6 is 0 Å². The fourth-order valence-corrected chi connectivity index (χ4v) is 6.72. The number of hydrazine groups is 1. The fourth-order valence-electron chi connectivity index (χ4n) is 6.72. The van der Waals surface area contributed by atoms with E-state index in [1.165, 1.54) is 30.9 Å². The van der Waals surface area contributed by atoms with Crippen molar-refractivity contribution in [3.8, 4) is 11.1 Å². The second-order valence-electron chi connectivity index (χ2n) is 12.8. The van der Waals surface area contributed by atoms with Crippen LogP contribution in [-0.2, 0) is 27.2 Å². The summed E-state index contributed by atoms with van der Waals surface area (Å²) in [6.07, 6.45) is -1.79. The van der Waals surface area contributed by atoms with Crippen LogP contribution in [0.4, 0.5) is 9.59 Å². The number of benzene rings is 5. The molecule has 2 N–H and O–H groups in total. The Balaban J connectivity index is 1.28. The molecule has 6 rings (SSSR count). The van der Waals surface area contributed by atoms with Crippen LogP contribution in [0.25, 0.3) is 21.9 Å². The minimum absolute atomic E-state index is 0.0739. The standard InChI is InChI=1S/C41H40N4O6/c1-43(36(24-27-13-5-4-6-14-27)38(46)42-45(3)40(48)49)39(47)37(25-28-21-22-29-15-7-8-16-30(29)23-28)44(2)41(50)51-26-35-33-19-11-9-17-31(33)32-18-10-12-20-34(32)35/h4-23,35-37H,24-26H2,1-3H3,(H,42,46)(H,48,49)/t36-,37-/m1/s1. The summed E-state index contributed by atoms with van der Waals surface area (Å²) in [4.78, 5) is 56.2. The quantitative estimate of drug-likeness (QED) is 0.166. The van der Waals surface area contributed by atoms with E-state index in [0.717, 1.165) is 44.2 Å². The number of nitrogens with one attached hydrogen (secondary N) is 1. The highest BCUT2D eigenvalue weighted by molar-refractivity contribution is 5.92. The fraction of sp³-hybridized carbons (Fsp3) is 0.220. The molecule has 1 aliphatic rings. The molecule has 5 aromatic rings. The predicted octanol–water partition coefficient (Wildman–Crippen LogP) is 6.34. The molecule has 10 nitrogen and oxygen atoms in total. The number of carbonyl (C=O) groups is 4. The number of nitrogens with zero attached hydrogens (tertiary/aromatic N) is 3. The second-order valence-corrected chi connectivity index (χ2v) is 12.8. The van der Waals surface area contributed by atoms with Gasteiger partial charge in [-0.25, -0.2) is 14.6 Å². The molecule has 2 atom stereocenters. The molecule has 4 amide bonds. The van der Waals surface area contributed by atoms with Crippen molar-refractivity contribution in [2.45, 2.75) is 30.8 Å². The van der Waals surface area contributed by atoms with Gasteiger partial charge in [-0.3, -0.25) is 19.9 Å². The molecule has 0 radical (unpaired) electrons. The van der Waals surface area contributed by atoms with Gasteiger partial charge in [0.1, 0.15) is 18.7 Å². The Hall–Kier alpha value is -6.16. The maximum Gasteiger partial charge on any atom is 0.425 e. The maximum absolute atomic E-state index is 14.6. The summed E-state index contributed by atoms with van der Waals surface area (Å²) >= 11 is 0. The topological polar surface area (TPSA) is 119 Å². The molecule has 1 aliphatic carbocycles. The first-order valence-corrected chi connectivity index (χ1v) is 16.8.